The molecule has 1 unspecified atom stereocenters. The van der Waals surface area contributed by atoms with Crippen molar-refractivity contribution >= 4 is 11.7 Å². The molecule has 0 saturated carbocycles. The van der Waals surface area contributed by atoms with Crippen LogP contribution in [-0.4, -0.2) is 26.2 Å². The molecule has 0 saturated heterocycles. The van der Waals surface area contributed by atoms with Crippen molar-refractivity contribution in [2.75, 3.05) is 5.32 Å². The Bertz CT molecular complexity index is 920. The van der Waals surface area contributed by atoms with Crippen LogP contribution in [0.1, 0.15) is 35.2 Å². The minimum absolute atomic E-state index is 0.0978. The fraction of sp³-hybridized carbons (Fsp3) is 0.263. The number of aryl methyl sites for hydroxylation is 3. The highest BCUT2D eigenvalue weighted by molar-refractivity contribution is 5.90. The predicted octanol–water partition coefficient (Wildman–Crippen LogP) is 3.47. The lowest BCUT2D eigenvalue weighted by Crippen LogP contribution is -2.31. The molecule has 0 spiro atoms. The lowest BCUT2D eigenvalue weighted by molar-refractivity contribution is 0.249. The average molecular weight is 350 g/mol. The van der Waals surface area contributed by atoms with Crippen LogP contribution in [0.25, 0.3) is 5.69 Å². The van der Waals surface area contributed by atoms with Gasteiger partial charge in [0.05, 0.1) is 11.7 Å². The van der Waals surface area contributed by atoms with Gasteiger partial charge >= 0.3 is 6.03 Å². The number of aromatic nitrogens is 4. The highest BCUT2D eigenvalue weighted by Gasteiger charge is 2.13. The van der Waals surface area contributed by atoms with Crippen LogP contribution >= 0.6 is 0 Å². The van der Waals surface area contributed by atoms with Crippen molar-refractivity contribution in [1.82, 2.24) is 25.5 Å². The molecule has 7 nitrogen and oxygen atoms in total. The zero-order valence-corrected chi connectivity index (χ0v) is 15.3. The second-order valence-electron chi connectivity index (χ2n) is 6.44. The van der Waals surface area contributed by atoms with Gasteiger partial charge in [0.2, 0.25) is 0 Å². The Morgan fingerprint density at radius 2 is 1.85 bits per heavy atom. The lowest BCUT2D eigenvalue weighted by Gasteiger charge is -2.18. The summed E-state index contributed by atoms with van der Waals surface area (Å²) in [7, 11) is 0. The van der Waals surface area contributed by atoms with Crippen LogP contribution < -0.4 is 10.6 Å². The molecular weight excluding hydrogens is 328 g/mol. The number of hydrogen-bond acceptors (Lipinski definition) is 4. The minimum Gasteiger partial charge on any atom is -0.331 e. The van der Waals surface area contributed by atoms with Gasteiger partial charge in [-0.2, -0.15) is 0 Å². The van der Waals surface area contributed by atoms with Crippen molar-refractivity contribution in [3.05, 3.63) is 65.0 Å². The Labute approximate surface area is 152 Å². The van der Waals surface area contributed by atoms with Crippen LogP contribution in [-0.2, 0) is 0 Å². The third-order valence-corrected chi connectivity index (χ3v) is 4.31. The number of hydrogen-bond donors (Lipinski definition) is 2. The smallest absolute Gasteiger partial charge is 0.319 e. The van der Waals surface area contributed by atoms with Crippen LogP contribution in [0.3, 0.4) is 0 Å². The highest BCUT2D eigenvalue weighted by atomic mass is 16.2. The van der Waals surface area contributed by atoms with Gasteiger partial charge in [0.1, 0.15) is 6.33 Å². The van der Waals surface area contributed by atoms with Crippen molar-refractivity contribution in [2.24, 2.45) is 0 Å². The van der Waals surface area contributed by atoms with Crippen LogP contribution in [0.4, 0.5) is 10.5 Å². The number of carbonyl (C=O) groups is 1. The Kier molecular flexibility index (Phi) is 4.97. The van der Waals surface area contributed by atoms with E-state index in [0.717, 1.165) is 22.4 Å². The van der Waals surface area contributed by atoms with E-state index in [0.29, 0.717) is 5.69 Å². The maximum atomic E-state index is 12.4. The van der Waals surface area contributed by atoms with E-state index in [9.17, 15) is 4.79 Å². The number of benzene rings is 2. The number of rotatable bonds is 4. The minimum atomic E-state index is -0.259. The number of amides is 2. The Balaban J connectivity index is 1.72. The molecule has 0 aliphatic carbocycles. The molecule has 1 atom stereocenters. The zero-order chi connectivity index (χ0) is 18.7. The molecule has 7 heteroatoms. The topological polar surface area (TPSA) is 84.7 Å². The van der Waals surface area contributed by atoms with Crippen LogP contribution in [0.15, 0.2) is 42.7 Å². The summed E-state index contributed by atoms with van der Waals surface area (Å²) in [6.45, 7) is 8.03. The van der Waals surface area contributed by atoms with Crippen molar-refractivity contribution in [3.8, 4) is 5.69 Å². The molecule has 0 aliphatic rings. The molecule has 1 aromatic heterocycles. The maximum absolute atomic E-state index is 12.4. The van der Waals surface area contributed by atoms with E-state index in [1.54, 1.807) is 4.68 Å². The standard InChI is InChI=1S/C19H22N6O/c1-12-5-6-13(2)17(9-12)15(4)21-19(26)22-16-8-7-14(3)18(10-16)25-11-20-23-24-25/h5-11,15H,1-4H3,(H2,21,22,26). The fourth-order valence-electron chi connectivity index (χ4n) is 2.87. The summed E-state index contributed by atoms with van der Waals surface area (Å²) in [5.74, 6) is 0. The summed E-state index contributed by atoms with van der Waals surface area (Å²) >= 11 is 0. The van der Waals surface area contributed by atoms with E-state index in [4.69, 9.17) is 0 Å². The molecule has 3 rings (SSSR count). The van der Waals surface area contributed by atoms with Crippen LogP contribution in [0, 0.1) is 20.8 Å². The summed E-state index contributed by atoms with van der Waals surface area (Å²) in [5.41, 5.74) is 5.93. The van der Waals surface area contributed by atoms with Crippen molar-refractivity contribution in [2.45, 2.75) is 33.7 Å². The summed E-state index contributed by atoms with van der Waals surface area (Å²) in [4.78, 5) is 12.4. The SMILES string of the molecule is Cc1ccc(C)c(C(C)NC(=O)Nc2ccc(C)c(-n3cnnn3)c2)c1. The first-order valence-corrected chi connectivity index (χ1v) is 8.42. The van der Waals surface area contributed by atoms with Crippen molar-refractivity contribution in [1.29, 1.82) is 0 Å². The number of urea groups is 1. The molecule has 134 valence electrons. The van der Waals surface area contributed by atoms with E-state index in [1.165, 1.54) is 11.9 Å². The quantitative estimate of drug-likeness (QED) is 0.754. The van der Waals surface area contributed by atoms with Gasteiger partial charge in [-0.05, 0) is 66.9 Å². The second-order valence-corrected chi connectivity index (χ2v) is 6.44. The van der Waals surface area contributed by atoms with Gasteiger partial charge in [-0.1, -0.05) is 29.8 Å². The number of anilines is 1. The molecule has 2 amide bonds. The van der Waals surface area contributed by atoms with E-state index >= 15 is 0 Å². The van der Waals surface area contributed by atoms with E-state index in [2.05, 4.69) is 44.4 Å². The van der Waals surface area contributed by atoms with Gasteiger partial charge in [0, 0.05) is 5.69 Å². The Hall–Kier alpha value is -3.22. The number of tetrazole rings is 1. The number of nitrogens with zero attached hydrogens (tertiary/aromatic N) is 4. The maximum Gasteiger partial charge on any atom is 0.319 e. The van der Waals surface area contributed by atoms with Gasteiger partial charge in [0.15, 0.2) is 0 Å². The van der Waals surface area contributed by atoms with E-state index < -0.39 is 0 Å². The van der Waals surface area contributed by atoms with Gasteiger partial charge in [-0.3, -0.25) is 0 Å². The number of carbonyl (C=O) groups excluding carboxylic acids is 1. The first kappa shape index (κ1) is 17.6. The molecule has 3 aromatic rings. The van der Waals surface area contributed by atoms with Crippen LogP contribution in [0.2, 0.25) is 0 Å². The predicted molar refractivity (Wildman–Crippen MR) is 100 cm³/mol. The molecule has 1 heterocycles. The number of nitrogens with one attached hydrogen (secondary N) is 2. The van der Waals surface area contributed by atoms with Gasteiger partial charge in [-0.25, -0.2) is 9.48 Å². The van der Waals surface area contributed by atoms with Crippen molar-refractivity contribution < 1.29 is 4.79 Å². The highest BCUT2D eigenvalue weighted by Crippen LogP contribution is 2.20. The summed E-state index contributed by atoms with van der Waals surface area (Å²) in [5, 5.41) is 17.1. The third-order valence-electron chi connectivity index (χ3n) is 4.31. The van der Waals surface area contributed by atoms with Crippen molar-refractivity contribution in [3.63, 3.8) is 0 Å². The Morgan fingerprint density at radius 1 is 1.08 bits per heavy atom. The van der Waals surface area contributed by atoms with Crippen LogP contribution in [0.5, 0.6) is 0 Å². The first-order valence-electron chi connectivity index (χ1n) is 8.42. The monoisotopic (exact) mass is 350 g/mol. The first-order chi connectivity index (χ1) is 12.4. The molecule has 26 heavy (non-hydrogen) atoms. The van der Waals surface area contributed by atoms with E-state index in [-0.39, 0.29) is 12.1 Å². The molecule has 2 aromatic carbocycles. The second kappa shape index (κ2) is 7.35. The molecule has 2 N–H and O–H groups in total. The van der Waals surface area contributed by atoms with Gasteiger partial charge in [0.25, 0.3) is 0 Å². The van der Waals surface area contributed by atoms with Gasteiger partial charge < -0.3 is 10.6 Å². The molecule has 0 aliphatic heterocycles. The lowest BCUT2D eigenvalue weighted by atomic mass is 10.0. The molecule has 0 radical (unpaired) electrons. The average Bonchev–Trinajstić information content (AvgIpc) is 3.13. The summed E-state index contributed by atoms with van der Waals surface area (Å²) < 4.78 is 1.57. The molecule has 0 fully saturated rings. The Morgan fingerprint density at radius 3 is 2.58 bits per heavy atom. The fourth-order valence-corrected chi connectivity index (χ4v) is 2.87. The molecule has 0 bridgehead atoms. The third kappa shape index (κ3) is 3.88. The van der Waals surface area contributed by atoms with Gasteiger partial charge in [-0.15, -0.1) is 5.10 Å². The normalized spacial score (nSPS) is 11.8. The largest absolute Gasteiger partial charge is 0.331 e. The summed E-state index contributed by atoms with van der Waals surface area (Å²) in [6.07, 6.45) is 1.52. The zero-order valence-electron chi connectivity index (χ0n) is 15.3. The summed E-state index contributed by atoms with van der Waals surface area (Å²) in [6, 6.07) is 11.5. The van der Waals surface area contributed by atoms with E-state index in [1.807, 2.05) is 45.9 Å². The molecular formula is C19H22N6O.